The molecule has 0 aromatic heterocycles. The molecule has 2 aliphatic rings. The molecule has 4 rings (SSSR count). The summed E-state index contributed by atoms with van der Waals surface area (Å²) >= 11 is 0.691. The quantitative estimate of drug-likeness (QED) is 0.0665. The van der Waals surface area contributed by atoms with Gasteiger partial charge in [0.1, 0.15) is 0 Å². The van der Waals surface area contributed by atoms with Crippen LogP contribution in [0.25, 0.3) is 11.1 Å². The molecule has 2 N–H and O–H groups in total. The summed E-state index contributed by atoms with van der Waals surface area (Å²) in [7, 11) is 0.599. The first-order valence-electron chi connectivity index (χ1n) is 15.7. The Balaban J connectivity index is 1.77. The number of amides is 8. The fourth-order valence-corrected chi connectivity index (χ4v) is 6.60. The summed E-state index contributed by atoms with van der Waals surface area (Å²) in [6.45, 7) is 4.24. The SMILES string of the molecule is CCCNOOSc1cc(N=NC2C(=O)N(C)C(=O)N(C)C2=O)ccc1-c1ccc(N=NC2C(=O)N(C)C(=O)N(C)C2=O)cc1S(=O)(=O)NCCC. The lowest BCUT2D eigenvalue weighted by Gasteiger charge is -2.30. The number of rotatable bonds is 15. The van der Waals surface area contributed by atoms with Crippen molar-refractivity contribution in [1.29, 1.82) is 0 Å². The van der Waals surface area contributed by atoms with E-state index in [0.29, 0.717) is 30.6 Å². The van der Waals surface area contributed by atoms with Crippen LogP contribution in [0.4, 0.5) is 21.0 Å². The number of sulfonamides is 1. The Bertz CT molecular complexity index is 1890. The molecule has 0 saturated carbocycles. The minimum absolute atomic E-state index is 0.0263. The first kappa shape index (κ1) is 39.8. The highest BCUT2D eigenvalue weighted by Gasteiger charge is 2.44. The van der Waals surface area contributed by atoms with E-state index in [0.717, 1.165) is 26.0 Å². The molecule has 0 atom stereocenters. The van der Waals surface area contributed by atoms with Gasteiger partial charge < -0.3 is 0 Å². The Morgan fingerprint density at radius 3 is 1.63 bits per heavy atom. The number of hydrogen-bond acceptors (Lipinski definition) is 16. The van der Waals surface area contributed by atoms with E-state index in [-0.39, 0.29) is 33.3 Å². The number of carbonyl (C=O) groups is 6. The molecule has 52 heavy (non-hydrogen) atoms. The molecule has 20 nitrogen and oxygen atoms in total. The van der Waals surface area contributed by atoms with Gasteiger partial charge in [-0.05, 0) is 42.7 Å². The van der Waals surface area contributed by atoms with Gasteiger partial charge >= 0.3 is 12.1 Å². The summed E-state index contributed by atoms with van der Waals surface area (Å²) < 4.78 is 35.1. The zero-order valence-electron chi connectivity index (χ0n) is 28.9. The van der Waals surface area contributed by atoms with Crippen molar-refractivity contribution >= 4 is 69.1 Å². The summed E-state index contributed by atoms with van der Waals surface area (Å²) in [4.78, 5) is 82.7. The summed E-state index contributed by atoms with van der Waals surface area (Å²) in [6.07, 6.45) is 1.20. The first-order valence-corrected chi connectivity index (χ1v) is 17.9. The lowest BCUT2D eigenvalue weighted by molar-refractivity contribution is -0.244. The van der Waals surface area contributed by atoms with Crippen LogP contribution >= 0.6 is 12.0 Å². The summed E-state index contributed by atoms with van der Waals surface area (Å²) in [6, 6.07) is 3.54. The molecule has 0 radical (unpaired) electrons. The van der Waals surface area contributed by atoms with Crippen LogP contribution in [-0.4, -0.2) is 117 Å². The molecule has 22 heteroatoms. The predicted octanol–water partition coefficient (Wildman–Crippen LogP) is 2.92. The van der Waals surface area contributed by atoms with Crippen LogP contribution in [0.1, 0.15) is 26.7 Å². The number of benzene rings is 2. The van der Waals surface area contributed by atoms with Crippen molar-refractivity contribution < 1.29 is 46.5 Å². The minimum atomic E-state index is -4.22. The van der Waals surface area contributed by atoms with E-state index in [2.05, 4.69) is 30.7 Å². The second kappa shape index (κ2) is 17.0. The van der Waals surface area contributed by atoms with E-state index in [9.17, 15) is 37.2 Å². The van der Waals surface area contributed by atoms with Gasteiger partial charge in [0.25, 0.3) is 23.6 Å². The van der Waals surface area contributed by atoms with Gasteiger partial charge in [-0.1, -0.05) is 26.0 Å². The Morgan fingerprint density at radius 2 is 1.15 bits per heavy atom. The summed E-state index contributed by atoms with van der Waals surface area (Å²) in [5.41, 5.74) is 3.16. The molecule has 8 amide bonds. The van der Waals surface area contributed by atoms with E-state index in [1.807, 2.05) is 6.92 Å². The number of urea groups is 2. The molecule has 0 unspecified atom stereocenters. The zero-order chi connectivity index (χ0) is 38.3. The zero-order valence-corrected chi connectivity index (χ0v) is 30.6. The predicted molar refractivity (Wildman–Crippen MR) is 182 cm³/mol. The van der Waals surface area contributed by atoms with Gasteiger partial charge in [-0.25, -0.2) is 22.7 Å². The van der Waals surface area contributed by atoms with Crippen LogP contribution in [0.15, 0.2) is 66.6 Å². The fourth-order valence-electron chi connectivity index (χ4n) is 4.64. The smallest absolute Gasteiger partial charge is 0.271 e. The maximum atomic E-state index is 13.7. The maximum absolute atomic E-state index is 13.7. The van der Waals surface area contributed by atoms with Crippen molar-refractivity contribution in [3.8, 4) is 11.1 Å². The number of hydroxylamine groups is 1. The highest BCUT2D eigenvalue weighted by molar-refractivity contribution is 7.94. The topological polar surface area (TPSA) is 241 Å². The molecule has 2 aromatic rings. The summed E-state index contributed by atoms with van der Waals surface area (Å²) in [5.74, 6) is -3.52. The highest BCUT2D eigenvalue weighted by atomic mass is 32.2. The molecule has 2 aromatic carbocycles. The normalized spacial score (nSPS) is 16.9. The standard InChI is InChI=1S/C30H36N10O10S2/c1-7-13-31-49-50-51-21-15-17(33-35-23-25(41)37(3)29(45)38(4)26(23)42)9-11-19(21)20-12-10-18(16-22(20)52(47,48)32-14-8-2)34-36-24-27(43)39(5)30(46)40(6)28(24)44/h9-12,15-16,23-24,31-32H,7-8,13-14H2,1-6H3. The van der Waals surface area contributed by atoms with E-state index in [1.165, 1.54) is 64.6 Å². The van der Waals surface area contributed by atoms with Crippen molar-refractivity contribution in [2.45, 2.75) is 48.6 Å². The molecule has 278 valence electrons. The van der Waals surface area contributed by atoms with Crippen molar-refractivity contribution in [2.24, 2.45) is 20.5 Å². The highest BCUT2D eigenvalue weighted by Crippen LogP contribution is 2.39. The van der Waals surface area contributed by atoms with Crippen LogP contribution in [0.2, 0.25) is 0 Å². The van der Waals surface area contributed by atoms with Gasteiger partial charge in [-0.3, -0.25) is 38.8 Å². The van der Waals surface area contributed by atoms with E-state index >= 15 is 0 Å². The third-order valence-corrected chi connectivity index (χ3v) is 9.76. The lowest BCUT2D eigenvalue weighted by atomic mass is 10.0. The number of imide groups is 4. The van der Waals surface area contributed by atoms with Crippen molar-refractivity contribution in [2.75, 3.05) is 41.3 Å². The molecular formula is C30H36N10O10S2. The third kappa shape index (κ3) is 8.54. The van der Waals surface area contributed by atoms with Crippen LogP contribution in [0.5, 0.6) is 0 Å². The lowest BCUT2D eigenvalue weighted by Crippen LogP contribution is -2.58. The van der Waals surface area contributed by atoms with Crippen molar-refractivity contribution in [1.82, 2.24) is 29.8 Å². The van der Waals surface area contributed by atoms with Gasteiger partial charge in [0, 0.05) is 51.7 Å². The van der Waals surface area contributed by atoms with Gasteiger partial charge in [-0.2, -0.15) is 25.9 Å². The van der Waals surface area contributed by atoms with Crippen LogP contribution < -0.4 is 10.2 Å². The van der Waals surface area contributed by atoms with E-state index < -0.39 is 57.8 Å². The molecule has 2 heterocycles. The van der Waals surface area contributed by atoms with Gasteiger partial charge in [0.05, 0.1) is 28.3 Å². The monoisotopic (exact) mass is 760 g/mol. The van der Waals surface area contributed by atoms with Crippen LogP contribution in [0.3, 0.4) is 0 Å². The molecule has 0 aliphatic carbocycles. The molecule has 2 saturated heterocycles. The number of likely N-dealkylation sites (N-methyl/N-ethyl adjacent to an activating group) is 4. The average Bonchev–Trinajstić information content (AvgIpc) is 3.13. The van der Waals surface area contributed by atoms with E-state index in [1.54, 1.807) is 6.92 Å². The Labute approximate surface area is 302 Å². The molecule has 2 fully saturated rings. The molecular weight excluding hydrogens is 725 g/mol. The Kier molecular flexibility index (Phi) is 13.0. The molecule has 0 spiro atoms. The number of azo groups is 2. The third-order valence-electron chi connectivity index (χ3n) is 7.60. The van der Waals surface area contributed by atoms with Gasteiger partial charge in [0.15, 0.2) is 0 Å². The fraction of sp³-hybridized carbons (Fsp3) is 0.400. The average molecular weight is 761 g/mol. The summed E-state index contributed by atoms with van der Waals surface area (Å²) in [5, 5.41) is 15.8. The van der Waals surface area contributed by atoms with Gasteiger partial charge in [-0.15, -0.1) is 9.32 Å². The number of nitrogens with one attached hydrogen (secondary N) is 2. The first-order chi connectivity index (χ1) is 24.6. The number of hydrogen-bond donors (Lipinski definition) is 2. The van der Waals surface area contributed by atoms with Crippen molar-refractivity contribution in [3.05, 3.63) is 36.4 Å². The minimum Gasteiger partial charge on any atom is -0.271 e. The van der Waals surface area contributed by atoms with Gasteiger partial charge in [0.2, 0.25) is 22.1 Å². The van der Waals surface area contributed by atoms with Crippen molar-refractivity contribution in [3.63, 3.8) is 0 Å². The van der Waals surface area contributed by atoms with Crippen LogP contribution in [-0.2, 0) is 38.5 Å². The Morgan fingerprint density at radius 1 is 0.692 bits per heavy atom. The number of carbonyl (C=O) groups excluding carboxylic acids is 6. The second-order valence-corrected chi connectivity index (χ2v) is 13.8. The number of barbiturate groups is 2. The van der Waals surface area contributed by atoms with Crippen LogP contribution in [0, 0.1) is 0 Å². The second-order valence-electron chi connectivity index (χ2n) is 11.3. The molecule has 0 bridgehead atoms. The molecule has 2 aliphatic heterocycles. The van der Waals surface area contributed by atoms with E-state index in [4.69, 9.17) is 9.32 Å². The largest absolute Gasteiger partial charge is 0.333 e. The Hall–Kier alpha value is -5.00. The number of nitrogens with zero attached hydrogens (tertiary/aromatic N) is 8. The maximum Gasteiger partial charge on any atom is 0.333 e.